The van der Waals surface area contributed by atoms with Crippen molar-refractivity contribution >= 4 is 42.3 Å². The van der Waals surface area contributed by atoms with E-state index in [2.05, 4.69) is 20.6 Å². The third-order valence-electron chi connectivity index (χ3n) is 3.73. The molecule has 2 aliphatic heterocycles. The molecule has 0 radical (unpaired) electrons. The molecule has 3 amide bonds. The summed E-state index contributed by atoms with van der Waals surface area (Å²) in [5.74, 6) is -0.303. The number of rotatable bonds is 0. The Morgan fingerprint density at radius 3 is 2.90 bits per heavy atom. The minimum Gasteiger partial charge on any atom is -0.320 e. The highest BCUT2D eigenvalue weighted by Gasteiger charge is 2.46. The molecule has 6 nitrogen and oxygen atoms in total. The largest absolute Gasteiger partial charge is 0.322 e. The van der Waals surface area contributed by atoms with Gasteiger partial charge in [0.1, 0.15) is 11.9 Å². The Kier molecular flexibility index (Phi) is 2.01. The van der Waals surface area contributed by atoms with E-state index >= 15 is 0 Å². The minimum absolute atomic E-state index is 0.303. The molecule has 0 aromatic heterocycles. The molecule has 1 atom stereocenters. The van der Waals surface area contributed by atoms with Crippen LogP contribution in [0.5, 0.6) is 0 Å². The van der Waals surface area contributed by atoms with Crippen LogP contribution < -0.4 is 21.1 Å². The van der Waals surface area contributed by atoms with Gasteiger partial charge < -0.3 is 5.32 Å². The first kappa shape index (κ1) is 11.1. The van der Waals surface area contributed by atoms with Gasteiger partial charge in [0.25, 0.3) is 5.91 Å². The number of carbonyl (C=O) groups is 2. The van der Waals surface area contributed by atoms with E-state index in [0.717, 1.165) is 21.7 Å². The smallest absolute Gasteiger partial charge is 0.320 e. The van der Waals surface area contributed by atoms with Crippen LogP contribution >= 0.6 is 0 Å². The molecule has 2 N–H and O–H groups in total. The average molecular weight is 266 g/mol. The van der Waals surface area contributed by atoms with E-state index in [9.17, 15) is 9.59 Å². The van der Waals surface area contributed by atoms with Gasteiger partial charge in [0, 0.05) is 17.9 Å². The maximum Gasteiger partial charge on any atom is 0.322 e. The van der Waals surface area contributed by atoms with E-state index in [-0.39, 0.29) is 5.91 Å². The predicted octanol–water partition coefficient (Wildman–Crippen LogP) is -0.874. The second-order valence-electron chi connectivity index (χ2n) is 5.02. The zero-order valence-corrected chi connectivity index (χ0v) is 10.4. The number of nitrogens with zero attached hydrogens (tertiary/aromatic N) is 2. The Bertz CT molecular complexity index is 837. The Balaban J connectivity index is 1.90. The summed E-state index contributed by atoms with van der Waals surface area (Å²) in [5, 5.41) is 6.86. The Labute approximate surface area is 113 Å². The fourth-order valence-corrected chi connectivity index (χ4v) is 2.81. The number of hydrogen-bond donors (Lipinski definition) is 2. The van der Waals surface area contributed by atoms with Crippen molar-refractivity contribution in [1.82, 2.24) is 10.6 Å². The standard InChI is InChI=1S/C14H10N4O2/c19-12-14(18-13(20)17-12)5-9-3-8-1-2-15-7-16-11(8)4-10(9)6-14/h1-4,6-7H,5H2,(H2,17,18,19,20). The van der Waals surface area contributed by atoms with Gasteiger partial charge in [-0.25, -0.2) is 14.8 Å². The van der Waals surface area contributed by atoms with E-state index in [4.69, 9.17) is 0 Å². The first-order chi connectivity index (χ1) is 9.66. The second-order valence-corrected chi connectivity index (χ2v) is 5.02. The molecule has 1 unspecified atom stereocenters. The average Bonchev–Trinajstić information content (AvgIpc) is 2.76. The summed E-state index contributed by atoms with van der Waals surface area (Å²) >= 11 is 0. The van der Waals surface area contributed by atoms with Gasteiger partial charge in [0.05, 0.1) is 5.69 Å². The van der Waals surface area contributed by atoms with E-state index in [1.54, 1.807) is 12.3 Å². The Morgan fingerprint density at radius 2 is 2.10 bits per heavy atom. The summed E-state index contributed by atoms with van der Waals surface area (Å²) in [6.07, 6.45) is 7.30. The van der Waals surface area contributed by atoms with Crippen molar-refractivity contribution in [1.29, 1.82) is 0 Å². The molecule has 1 aromatic carbocycles. The van der Waals surface area contributed by atoms with E-state index in [0.29, 0.717) is 6.42 Å². The number of fused-ring (bicyclic) bond motifs is 2. The van der Waals surface area contributed by atoms with Crippen LogP contribution in [0.1, 0.15) is 5.56 Å². The van der Waals surface area contributed by atoms with Gasteiger partial charge >= 0.3 is 6.03 Å². The van der Waals surface area contributed by atoms with E-state index < -0.39 is 11.6 Å². The third kappa shape index (κ3) is 1.45. The van der Waals surface area contributed by atoms with Gasteiger partial charge in [0.15, 0.2) is 0 Å². The summed E-state index contributed by atoms with van der Waals surface area (Å²) in [5.41, 5.74) is 0.874. The lowest BCUT2D eigenvalue weighted by molar-refractivity contribution is -0.121. The number of amides is 3. The molecule has 6 heteroatoms. The van der Waals surface area contributed by atoms with Crippen LogP contribution in [0.3, 0.4) is 0 Å². The zero-order valence-electron chi connectivity index (χ0n) is 10.4. The molecule has 1 aliphatic carbocycles. The number of nitrogens with one attached hydrogen (secondary N) is 2. The molecule has 1 aromatic rings. The van der Waals surface area contributed by atoms with Crippen molar-refractivity contribution in [3.8, 4) is 0 Å². The van der Waals surface area contributed by atoms with Crippen LogP contribution in [0.2, 0.25) is 0 Å². The summed E-state index contributed by atoms with van der Waals surface area (Å²) in [7, 11) is 0. The quantitative estimate of drug-likeness (QED) is 0.598. The van der Waals surface area contributed by atoms with Gasteiger partial charge in [-0.05, 0) is 35.1 Å². The third-order valence-corrected chi connectivity index (χ3v) is 3.73. The van der Waals surface area contributed by atoms with Gasteiger partial charge in [-0.2, -0.15) is 0 Å². The molecule has 1 fully saturated rings. The van der Waals surface area contributed by atoms with Crippen molar-refractivity contribution in [2.45, 2.75) is 12.0 Å². The van der Waals surface area contributed by atoms with Crippen molar-refractivity contribution in [3.05, 3.63) is 28.1 Å². The zero-order chi connectivity index (χ0) is 13.7. The Hall–Kier alpha value is -2.76. The summed E-state index contributed by atoms with van der Waals surface area (Å²) in [6, 6.07) is 3.46. The Morgan fingerprint density at radius 1 is 1.20 bits per heavy atom. The molecule has 1 spiro atoms. The van der Waals surface area contributed by atoms with Crippen LogP contribution in [-0.2, 0) is 11.2 Å². The molecule has 4 rings (SSSR count). The first-order valence-electron chi connectivity index (χ1n) is 6.22. The highest BCUT2D eigenvalue weighted by atomic mass is 16.2. The number of carbonyl (C=O) groups excluding carboxylic acids is 2. The van der Waals surface area contributed by atoms with Gasteiger partial charge in [-0.15, -0.1) is 0 Å². The molecular weight excluding hydrogens is 256 g/mol. The number of aliphatic imine (C=N–C) groups is 2. The molecule has 20 heavy (non-hydrogen) atoms. The maximum absolute atomic E-state index is 12.0. The fraction of sp³-hybridized carbons (Fsp3) is 0.143. The summed E-state index contributed by atoms with van der Waals surface area (Å²) in [4.78, 5) is 31.6. The van der Waals surface area contributed by atoms with Crippen molar-refractivity contribution in [2.75, 3.05) is 0 Å². The molecule has 1 saturated heterocycles. The van der Waals surface area contributed by atoms with Crippen LogP contribution in [0.25, 0.3) is 12.2 Å². The molecule has 3 aliphatic rings. The second kappa shape index (κ2) is 3.63. The number of urea groups is 1. The minimum atomic E-state index is -0.947. The van der Waals surface area contributed by atoms with Crippen LogP contribution in [-0.4, -0.2) is 30.0 Å². The van der Waals surface area contributed by atoms with Crippen molar-refractivity contribution < 1.29 is 9.59 Å². The highest BCUT2D eigenvalue weighted by Crippen LogP contribution is 2.23. The van der Waals surface area contributed by atoms with Gasteiger partial charge in [0.2, 0.25) is 0 Å². The van der Waals surface area contributed by atoms with Crippen molar-refractivity contribution in [2.24, 2.45) is 9.98 Å². The fourth-order valence-electron chi connectivity index (χ4n) is 2.81. The molecule has 98 valence electrons. The lowest BCUT2D eigenvalue weighted by Crippen LogP contribution is -2.44. The lowest BCUT2D eigenvalue weighted by Gasteiger charge is -2.16. The molecule has 2 heterocycles. The molecule has 0 bridgehead atoms. The summed E-state index contributed by atoms with van der Waals surface area (Å²) < 4.78 is 0. The SMILES string of the molecule is O=C1NC(=O)C2(C=c3cc4c(cc3C2)=CC=NC=N4)N1. The van der Waals surface area contributed by atoms with E-state index in [1.807, 2.05) is 18.2 Å². The summed E-state index contributed by atoms with van der Waals surface area (Å²) in [6.45, 7) is 0. The van der Waals surface area contributed by atoms with Gasteiger partial charge in [-0.1, -0.05) is 0 Å². The number of imide groups is 1. The normalized spacial score (nSPS) is 25.4. The van der Waals surface area contributed by atoms with Crippen LogP contribution in [0.4, 0.5) is 10.5 Å². The lowest BCUT2D eigenvalue weighted by atomic mass is 9.97. The topological polar surface area (TPSA) is 82.9 Å². The van der Waals surface area contributed by atoms with Crippen LogP contribution in [0.15, 0.2) is 22.1 Å². The van der Waals surface area contributed by atoms with Crippen LogP contribution in [0, 0.1) is 0 Å². The predicted molar refractivity (Wildman–Crippen MR) is 74.4 cm³/mol. The molecular formula is C14H10N4O2. The number of hydrogen-bond acceptors (Lipinski definition) is 4. The molecule has 0 saturated carbocycles. The first-order valence-corrected chi connectivity index (χ1v) is 6.22. The highest BCUT2D eigenvalue weighted by molar-refractivity contribution is 6.11. The maximum atomic E-state index is 12.0. The van der Waals surface area contributed by atoms with Crippen molar-refractivity contribution in [3.63, 3.8) is 0 Å². The van der Waals surface area contributed by atoms with E-state index in [1.165, 1.54) is 6.34 Å². The van der Waals surface area contributed by atoms with Gasteiger partial charge in [-0.3, -0.25) is 10.1 Å². The number of benzene rings is 1. The monoisotopic (exact) mass is 266 g/mol.